The minimum absolute atomic E-state index is 0.0538. The highest BCUT2D eigenvalue weighted by Crippen LogP contribution is 2.37. The molecular weight excluding hydrogens is 608 g/mol. The zero-order valence-electron chi connectivity index (χ0n) is 19.5. The van der Waals surface area contributed by atoms with Crippen molar-refractivity contribution in [1.29, 1.82) is 0 Å². The third-order valence-electron chi connectivity index (χ3n) is 4.93. The van der Waals surface area contributed by atoms with E-state index < -0.39 is 69.7 Å². The number of amides is 1. The number of hydrogen-bond acceptors (Lipinski definition) is 7. The number of carbonyl (C=O) groups is 2. The Morgan fingerprint density at radius 2 is 1.56 bits per heavy atom. The van der Waals surface area contributed by atoms with E-state index in [1.165, 1.54) is 30.3 Å². The molecule has 0 heterocycles. The molecule has 0 saturated heterocycles. The van der Waals surface area contributed by atoms with Gasteiger partial charge in [-0.15, -0.1) is 0 Å². The standard InChI is InChI=1S/C23H17Cl2F3N2O7S2/c1-13(31)37-29-22(32)15-4-2-14(3-5-15)12-38(33,34)21-9-6-16(24)10-20(21)30-39(35,36)17-7-8-19(25)18(11-17)23(26,27)28/h2-11,30H,12H2,1H3,(H,29,32). The van der Waals surface area contributed by atoms with Gasteiger partial charge in [0.25, 0.3) is 15.9 Å². The topological polar surface area (TPSA) is 136 Å². The fourth-order valence-corrected chi connectivity index (χ4v) is 6.24. The van der Waals surface area contributed by atoms with Gasteiger partial charge < -0.3 is 4.84 Å². The van der Waals surface area contributed by atoms with Gasteiger partial charge in [0.15, 0.2) is 9.84 Å². The van der Waals surface area contributed by atoms with Gasteiger partial charge in [0.2, 0.25) is 0 Å². The lowest BCUT2D eigenvalue weighted by atomic mass is 10.1. The summed E-state index contributed by atoms with van der Waals surface area (Å²) in [6, 6.07) is 10.3. The number of hydrogen-bond donors (Lipinski definition) is 2. The number of halogens is 5. The lowest BCUT2D eigenvalue weighted by Gasteiger charge is -2.15. The van der Waals surface area contributed by atoms with Crippen LogP contribution in [0.4, 0.5) is 18.9 Å². The Kier molecular flexibility index (Phi) is 8.85. The molecule has 16 heteroatoms. The van der Waals surface area contributed by atoms with Crippen LogP contribution in [0.2, 0.25) is 10.0 Å². The van der Waals surface area contributed by atoms with E-state index in [4.69, 9.17) is 23.2 Å². The average Bonchev–Trinajstić information content (AvgIpc) is 2.81. The van der Waals surface area contributed by atoms with Gasteiger partial charge in [0.05, 0.1) is 31.8 Å². The Bertz CT molecular complexity index is 1650. The first-order valence-electron chi connectivity index (χ1n) is 10.5. The van der Waals surface area contributed by atoms with Gasteiger partial charge >= 0.3 is 12.1 Å². The number of nitrogens with one attached hydrogen (secondary N) is 2. The van der Waals surface area contributed by atoms with Gasteiger partial charge in [-0.3, -0.25) is 14.3 Å². The van der Waals surface area contributed by atoms with Crippen molar-refractivity contribution in [1.82, 2.24) is 5.48 Å². The summed E-state index contributed by atoms with van der Waals surface area (Å²) in [6.07, 6.45) is -4.94. The second kappa shape index (κ2) is 11.4. The Balaban J connectivity index is 1.91. The molecule has 0 spiro atoms. The highest BCUT2D eigenvalue weighted by atomic mass is 35.5. The van der Waals surface area contributed by atoms with Crippen LogP contribution in [-0.4, -0.2) is 28.7 Å². The van der Waals surface area contributed by atoms with Gasteiger partial charge in [-0.1, -0.05) is 35.3 Å². The maximum Gasteiger partial charge on any atom is 0.417 e. The zero-order valence-corrected chi connectivity index (χ0v) is 22.7. The third-order valence-corrected chi connectivity index (χ3v) is 8.60. The first-order valence-corrected chi connectivity index (χ1v) is 14.4. The summed E-state index contributed by atoms with van der Waals surface area (Å²) in [5, 5.41) is -0.774. The second-order valence-electron chi connectivity index (χ2n) is 7.87. The Morgan fingerprint density at radius 1 is 0.923 bits per heavy atom. The Hall–Kier alpha value is -3.33. The normalized spacial score (nSPS) is 12.1. The smallest absolute Gasteiger partial charge is 0.341 e. The van der Waals surface area contributed by atoms with Gasteiger partial charge in [-0.2, -0.15) is 18.7 Å². The maximum atomic E-state index is 13.2. The molecule has 9 nitrogen and oxygen atoms in total. The molecule has 3 rings (SSSR count). The van der Waals surface area contributed by atoms with Crippen molar-refractivity contribution >= 4 is 60.6 Å². The van der Waals surface area contributed by atoms with E-state index in [0.717, 1.165) is 31.2 Å². The molecule has 1 amide bonds. The molecule has 0 bridgehead atoms. The Morgan fingerprint density at radius 3 is 2.15 bits per heavy atom. The van der Waals surface area contributed by atoms with Crippen molar-refractivity contribution in [2.45, 2.75) is 28.6 Å². The first-order chi connectivity index (χ1) is 18.0. The molecule has 2 N–H and O–H groups in total. The monoisotopic (exact) mass is 624 g/mol. The summed E-state index contributed by atoms with van der Waals surface area (Å²) in [5.41, 5.74) is 0.269. The molecule has 0 aromatic heterocycles. The number of sulfone groups is 1. The van der Waals surface area contributed by atoms with E-state index in [-0.39, 0.29) is 16.1 Å². The van der Waals surface area contributed by atoms with E-state index in [1.54, 1.807) is 0 Å². The van der Waals surface area contributed by atoms with Crippen molar-refractivity contribution < 1.29 is 44.4 Å². The van der Waals surface area contributed by atoms with Gasteiger partial charge in [-0.05, 0) is 54.1 Å². The summed E-state index contributed by atoms with van der Waals surface area (Å²) in [7, 11) is -8.99. The third kappa shape index (κ3) is 7.62. The molecule has 0 unspecified atom stereocenters. The van der Waals surface area contributed by atoms with Crippen LogP contribution in [0.1, 0.15) is 28.4 Å². The number of anilines is 1. The zero-order chi connectivity index (χ0) is 29.2. The fraction of sp³-hybridized carbons (Fsp3) is 0.130. The minimum atomic E-state index is -4.94. The minimum Gasteiger partial charge on any atom is -0.341 e. The molecule has 0 fully saturated rings. The van der Waals surface area contributed by atoms with Gasteiger partial charge in [0.1, 0.15) is 0 Å². The predicted molar refractivity (Wildman–Crippen MR) is 135 cm³/mol. The van der Waals surface area contributed by atoms with Crippen LogP contribution in [-0.2, 0) is 41.4 Å². The van der Waals surface area contributed by atoms with Crippen LogP contribution < -0.4 is 10.2 Å². The van der Waals surface area contributed by atoms with Crippen LogP contribution in [0.3, 0.4) is 0 Å². The van der Waals surface area contributed by atoms with Crippen LogP contribution in [0, 0.1) is 0 Å². The highest BCUT2D eigenvalue weighted by Gasteiger charge is 2.35. The number of hydroxylamine groups is 1. The number of carbonyl (C=O) groups excluding carboxylic acids is 2. The molecule has 0 aliphatic carbocycles. The molecule has 0 radical (unpaired) electrons. The molecule has 0 atom stereocenters. The number of sulfonamides is 1. The van der Waals surface area contributed by atoms with Crippen molar-refractivity contribution in [3.63, 3.8) is 0 Å². The van der Waals surface area contributed by atoms with E-state index in [1.807, 2.05) is 10.2 Å². The van der Waals surface area contributed by atoms with Crippen molar-refractivity contribution in [2.24, 2.45) is 0 Å². The maximum absolute atomic E-state index is 13.2. The second-order valence-corrected chi connectivity index (χ2v) is 12.4. The van der Waals surface area contributed by atoms with Crippen molar-refractivity contribution in [3.8, 4) is 0 Å². The number of alkyl halides is 3. The lowest BCUT2D eigenvalue weighted by molar-refractivity contribution is -0.146. The average molecular weight is 625 g/mol. The molecule has 3 aromatic carbocycles. The summed E-state index contributed by atoms with van der Waals surface area (Å²) < 4.78 is 93.9. The number of benzene rings is 3. The molecule has 0 saturated carbocycles. The van der Waals surface area contributed by atoms with Gasteiger partial charge in [0, 0.05) is 17.5 Å². The molecule has 39 heavy (non-hydrogen) atoms. The van der Waals surface area contributed by atoms with Crippen LogP contribution in [0.15, 0.2) is 70.5 Å². The number of rotatable bonds is 7. The predicted octanol–water partition coefficient (Wildman–Crippen LogP) is 4.99. The molecule has 0 aliphatic heterocycles. The highest BCUT2D eigenvalue weighted by molar-refractivity contribution is 7.93. The quantitative estimate of drug-likeness (QED) is 0.353. The lowest BCUT2D eigenvalue weighted by Crippen LogP contribution is -2.25. The first kappa shape index (κ1) is 30.2. The summed E-state index contributed by atoms with van der Waals surface area (Å²) >= 11 is 11.5. The Labute approximate surface area is 230 Å². The molecule has 208 valence electrons. The van der Waals surface area contributed by atoms with E-state index in [9.17, 15) is 39.6 Å². The SMILES string of the molecule is CC(=O)ONC(=O)c1ccc(CS(=O)(=O)c2ccc(Cl)cc2NS(=O)(=O)c2ccc(Cl)c(C(F)(F)F)c2)cc1. The van der Waals surface area contributed by atoms with Crippen LogP contribution in [0.25, 0.3) is 0 Å². The van der Waals surface area contributed by atoms with E-state index >= 15 is 0 Å². The summed E-state index contributed by atoms with van der Waals surface area (Å²) in [4.78, 5) is 25.8. The van der Waals surface area contributed by atoms with Crippen molar-refractivity contribution in [2.75, 3.05) is 4.72 Å². The van der Waals surface area contributed by atoms with E-state index in [2.05, 4.69) is 4.84 Å². The largest absolute Gasteiger partial charge is 0.417 e. The summed E-state index contributed by atoms with van der Waals surface area (Å²) in [6.45, 7) is 1.08. The summed E-state index contributed by atoms with van der Waals surface area (Å²) in [5.74, 6) is -2.16. The molecule has 0 aliphatic rings. The van der Waals surface area contributed by atoms with Crippen LogP contribution >= 0.6 is 23.2 Å². The van der Waals surface area contributed by atoms with Crippen molar-refractivity contribution in [3.05, 3.63) is 87.4 Å². The molecular formula is C23H17Cl2F3N2O7S2. The fourth-order valence-electron chi connectivity index (χ4n) is 3.17. The van der Waals surface area contributed by atoms with E-state index in [0.29, 0.717) is 6.07 Å². The molecule has 3 aromatic rings. The van der Waals surface area contributed by atoms with Crippen LogP contribution in [0.5, 0.6) is 0 Å². The van der Waals surface area contributed by atoms with Gasteiger partial charge in [-0.25, -0.2) is 16.8 Å².